The number of rotatable bonds is 2. The predicted molar refractivity (Wildman–Crippen MR) is 78.9 cm³/mol. The number of hydrogen-bond donors (Lipinski definition) is 0. The summed E-state index contributed by atoms with van der Waals surface area (Å²) in [7, 11) is -0.395. The van der Waals surface area contributed by atoms with E-state index in [1.165, 1.54) is 0 Å². The quantitative estimate of drug-likeness (QED) is 0.799. The zero-order chi connectivity index (χ0) is 13.7. The number of nitrogens with zero attached hydrogens (tertiary/aromatic N) is 2. The van der Waals surface area contributed by atoms with Crippen molar-refractivity contribution in [3.05, 3.63) is 16.3 Å². The van der Waals surface area contributed by atoms with Gasteiger partial charge in [0.25, 0.3) is 0 Å². The summed E-state index contributed by atoms with van der Waals surface area (Å²) in [6.07, 6.45) is 0. The second kappa shape index (κ2) is 4.38. The molecular weight excluding hydrogens is 279 g/mol. The molecule has 4 nitrogen and oxygen atoms in total. The predicted octanol–water partition coefficient (Wildman–Crippen LogP) is 2.57. The van der Waals surface area contributed by atoms with Crippen LogP contribution in [0.3, 0.4) is 0 Å². The summed E-state index contributed by atoms with van der Waals surface area (Å²) in [5.41, 5.74) is 2.89. The van der Waals surface area contributed by atoms with E-state index in [2.05, 4.69) is 9.97 Å². The molecule has 0 bridgehead atoms. The first-order valence-corrected chi connectivity index (χ1v) is 7.91. The highest BCUT2D eigenvalue weighted by atomic mass is 32.1. The van der Waals surface area contributed by atoms with Crippen LogP contribution in [-0.4, -0.2) is 28.3 Å². The van der Waals surface area contributed by atoms with Gasteiger partial charge in [-0.15, -0.1) is 22.7 Å². The van der Waals surface area contributed by atoms with E-state index < -0.39 is 7.12 Å². The lowest BCUT2D eigenvalue weighted by molar-refractivity contribution is 0.00578. The molecule has 3 heterocycles. The summed E-state index contributed by atoms with van der Waals surface area (Å²) in [4.78, 5) is 8.85. The van der Waals surface area contributed by atoms with Crippen LogP contribution >= 0.6 is 22.7 Å². The Labute approximate surface area is 121 Å². The monoisotopic (exact) mass is 294 g/mol. The molecule has 0 aliphatic carbocycles. The first-order chi connectivity index (χ1) is 8.89. The molecule has 100 valence electrons. The molecule has 1 aliphatic rings. The lowest BCUT2D eigenvalue weighted by Crippen LogP contribution is -2.41. The van der Waals surface area contributed by atoms with Gasteiger partial charge >= 0.3 is 7.12 Å². The Morgan fingerprint density at radius 3 is 2.37 bits per heavy atom. The largest absolute Gasteiger partial charge is 0.515 e. The molecule has 1 aliphatic heterocycles. The molecule has 0 N–H and O–H groups in total. The molecule has 7 heteroatoms. The van der Waals surface area contributed by atoms with Gasteiger partial charge in [0.1, 0.15) is 10.7 Å². The van der Waals surface area contributed by atoms with Crippen molar-refractivity contribution in [2.75, 3.05) is 0 Å². The van der Waals surface area contributed by atoms with Crippen LogP contribution in [0.2, 0.25) is 0 Å². The molecule has 0 amide bonds. The van der Waals surface area contributed by atoms with E-state index in [1.54, 1.807) is 22.7 Å². The Bertz CT molecular complexity index is 564. The fraction of sp³-hybridized carbons (Fsp3) is 0.500. The van der Waals surface area contributed by atoms with Gasteiger partial charge in [0.2, 0.25) is 0 Å². The number of thiazole rings is 2. The first kappa shape index (κ1) is 13.2. The Morgan fingerprint density at radius 2 is 1.79 bits per heavy atom. The van der Waals surface area contributed by atoms with E-state index in [1.807, 2.05) is 44.0 Å². The SMILES string of the molecule is CC1(C)OB(c2csc(-c3cscn3)n2)OC1(C)C. The smallest absolute Gasteiger partial charge is 0.398 e. The fourth-order valence-corrected chi connectivity index (χ4v) is 3.19. The van der Waals surface area contributed by atoms with Gasteiger partial charge in [-0.1, -0.05) is 0 Å². The summed E-state index contributed by atoms with van der Waals surface area (Å²) in [6, 6.07) is 0. The van der Waals surface area contributed by atoms with Gasteiger partial charge in [-0.2, -0.15) is 0 Å². The maximum absolute atomic E-state index is 5.98. The van der Waals surface area contributed by atoms with Crippen LogP contribution in [0, 0.1) is 0 Å². The van der Waals surface area contributed by atoms with Crippen LogP contribution in [-0.2, 0) is 9.31 Å². The van der Waals surface area contributed by atoms with Crippen LogP contribution in [0.25, 0.3) is 10.7 Å². The molecule has 19 heavy (non-hydrogen) atoms. The highest BCUT2D eigenvalue weighted by Gasteiger charge is 2.52. The Balaban J connectivity index is 1.85. The third-order valence-electron chi connectivity index (χ3n) is 3.67. The van der Waals surface area contributed by atoms with E-state index in [4.69, 9.17) is 9.31 Å². The van der Waals surface area contributed by atoms with Gasteiger partial charge in [0.15, 0.2) is 0 Å². The van der Waals surface area contributed by atoms with Crippen molar-refractivity contribution in [2.24, 2.45) is 0 Å². The van der Waals surface area contributed by atoms with Crippen molar-refractivity contribution in [1.82, 2.24) is 9.97 Å². The summed E-state index contributed by atoms with van der Waals surface area (Å²) < 4.78 is 12.0. The lowest BCUT2D eigenvalue weighted by atomic mass is 9.86. The third kappa shape index (κ3) is 2.25. The van der Waals surface area contributed by atoms with Crippen molar-refractivity contribution in [1.29, 1.82) is 0 Å². The van der Waals surface area contributed by atoms with E-state index in [0.717, 1.165) is 16.3 Å². The summed E-state index contributed by atoms with van der Waals surface area (Å²) in [6.45, 7) is 8.17. The van der Waals surface area contributed by atoms with Crippen LogP contribution in [0.15, 0.2) is 16.3 Å². The summed E-state index contributed by atoms with van der Waals surface area (Å²) in [5.74, 6) is 0. The summed E-state index contributed by atoms with van der Waals surface area (Å²) >= 11 is 3.14. The topological polar surface area (TPSA) is 44.2 Å². The van der Waals surface area contributed by atoms with E-state index in [-0.39, 0.29) is 11.2 Å². The minimum absolute atomic E-state index is 0.331. The fourth-order valence-electron chi connectivity index (χ4n) is 1.79. The van der Waals surface area contributed by atoms with Crippen LogP contribution in [0.1, 0.15) is 27.7 Å². The minimum Gasteiger partial charge on any atom is -0.398 e. The first-order valence-electron chi connectivity index (χ1n) is 6.09. The molecule has 0 unspecified atom stereocenters. The average molecular weight is 294 g/mol. The van der Waals surface area contributed by atoms with Gasteiger partial charge in [-0.3, -0.25) is 0 Å². The second-order valence-corrected chi connectivity index (χ2v) is 7.12. The maximum atomic E-state index is 5.98. The molecule has 0 saturated carbocycles. The lowest BCUT2D eigenvalue weighted by Gasteiger charge is -2.32. The molecule has 1 saturated heterocycles. The van der Waals surface area contributed by atoms with Crippen LogP contribution in [0.5, 0.6) is 0 Å². The molecule has 1 fully saturated rings. The molecule has 2 aromatic heterocycles. The Morgan fingerprint density at radius 1 is 1.11 bits per heavy atom. The van der Waals surface area contributed by atoms with Gasteiger partial charge in [-0.05, 0) is 27.7 Å². The number of hydrogen-bond acceptors (Lipinski definition) is 6. The van der Waals surface area contributed by atoms with Crippen LogP contribution < -0.4 is 5.59 Å². The van der Waals surface area contributed by atoms with Gasteiger partial charge in [0.05, 0.1) is 22.3 Å². The Kier molecular flexibility index (Phi) is 3.05. The van der Waals surface area contributed by atoms with Gasteiger partial charge < -0.3 is 9.31 Å². The molecule has 0 spiro atoms. The Hall–Kier alpha value is -0.755. The van der Waals surface area contributed by atoms with Crippen molar-refractivity contribution in [3.63, 3.8) is 0 Å². The van der Waals surface area contributed by atoms with E-state index >= 15 is 0 Å². The minimum atomic E-state index is -0.395. The van der Waals surface area contributed by atoms with Gasteiger partial charge in [0, 0.05) is 10.8 Å². The normalized spacial score (nSPS) is 20.9. The highest BCUT2D eigenvalue weighted by molar-refractivity contribution is 7.14. The van der Waals surface area contributed by atoms with E-state index in [9.17, 15) is 0 Å². The standard InChI is InChI=1S/C12H15BN2O2S2/c1-11(2)12(3,4)17-13(16-11)9-6-19-10(15-9)8-5-18-7-14-8/h5-7H,1-4H3. The zero-order valence-electron chi connectivity index (χ0n) is 11.3. The maximum Gasteiger partial charge on any atom is 0.515 e. The summed E-state index contributed by atoms with van der Waals surface area (Å²) in [5, 5.41) is 4.88. The second-order valence-electron chi connectivity index (χ2n) is 5.54. The molecule has 2 aromatic rings. The molecule has 0 radical (unpaired) electrons. The average Bonchev–Trinajstić information content (AvgIpc) is 3.00. The molecule has 0 atom stereocenters. The van der Waals surface area contributed by atoms with Crippen molar-refractivity contribution >= 4 is 35.4 Å². The number of aromatic nitrogens is 2. The van der Waals surface area contributed by atoms with Crippen molar-refractivity contribution in [2.45, 2.75) is 38.9 Å². The van der Waals surface area contributed by atoms with E-state index in [0.29, 0.717) is 0 Å². The zero-order valence-corrected chi connectivity index (χ0v) is 13.0. The van der Waals surface area contributed by atoms with Crippen molar-refractivity contribution in [3.8, 4) is 10.7 Å². The third-order valence-corrected chi connectivity index (χ3v) is 5.14. The van der Waals surface area contributed by atoms with Crippen molar-refractivity contribution < 1.29 is 9.31 Å². The molecule has 3 rings (SSSR count). The molecule has 0 aromatic carbocycles. The van der Waals surface area contributed by atoms with Crippen LogP contribution in [0.4, 0.5) is 0 Å². The highest BCUT2D eigenvalue weighted by Crippen LogP contribution is 2.36. The van der Waals surface area contributed by atoms with Gasteiger partial charge in [-0.25, -0.2) is 9.97 Å². The molecular formula is C12H15BN2O2S2.